The van der Waals surface area contributed by atoms with Gasteiger partial charge in [-0.1, -0.05) is 50.6 Å². The minimum absolute atomic E-state index is 0.103. The molecule has 0 aromatic heterocycles. The van der Waals surface area contributed by atoms with Crippen molar-refractivity contribution < 1.29 is 18.4 Å². The van der Waals surface area contributed by atoms with Crippen molar-refractivity contribution in [3.05, 3.63) is 65.7 Å². The van der Waals surface area contributed by atoms with Crippen molar-refractivity contribution >= 4 is 17.5 Å². The monoisotopic (exact) mass is 360 g/mol. The third-order valence-corrected chi connectivity index (χ3v) is 4.28. The van der Waals surface area contributed by atoms with Crippen molar-refractivity contribution in [1.82, 2.24) is 5.32 Å². The third kappa shape index (κ3) is 5.12. The smallest absolute Gasteiger partial charge is 0.243 e. The Labute approximate surface area is 151 Å². The molecule has 0 saturated heterocycles. The predicted octanol–water partition coefficient (Wildman–Crippen LogP) is 3.85. The molecule has 0 saturated carbocycles. The number of carbonyl (C=O) groups is 2. The number of nitrogens with one attached hydrogen (secondary N) is 2. The largest absolute Gasteiger partial charge is 0.346 e. The summed E-state index contributed by atoms with van der Waals surface area (Å²) < 4.78 is 26.1. The van der Waals surface area contributed by atoms with Crippen LogP contribution in [0.5, 0.6) is 0 Å². The van der Waals surface area contributed by atoms with Gasteiger partial charge in [0.2, 0.25) is 11.8 Å². The summed E-state index contributed by atoms with van der Waals surface area (Å²) in [6, 6.07) is 12.5. The summed E-state index contributed by atoms with van der Waals surface area (Å²) >= 11 is 0. The van der Waals surface area contributed by atoms with E-state index in [-0.39, 0.29) is 30.0 Å². The van der Waals surface area contributed by atoms with Gasteiger partial charge in [-0.15, -0.1) is 0 Å². The summed E-state index contributed by atoms with van der Waals surface area (Å²) in [6.07, 6.45) is 0.814. The zero-order valence-corrected chi connectivity index (χ0v) is 14.8. The van der Waals surface area contributed by atoms with Crippen LogP contribution in [0.4, 0.5) is 14.5 Å². The van der Waals surface area contributed by atoms with Gasteiger partial charge in [-0.25, -0.2) is 8.78 Å². The van der Waals surface area contributed by atoms with Gasteiger partial charge in [0, 0.05) is 11.8 Å². The van der Waals surface area contributed by atoms with Crippen molar-refractivity contribution in [3.8, 4) is 0 Å². The van der Waals surface area contributed by atoms with Crippen LogP contribution in [-0.4, -0.2) is 18.4 Å². The van der Waals surface area contributed by atoms with E-state index >= 15 is 0 Å². The Morgan fingerprint density at radius 3 is 2.35 bits per heavy atom. The first-order valence-electron chi connectivity index (χ1n) is 8.50. The maximum Gasteiger partial charge on any atom is 0.243 e. The molecule has 6 heteroatoms. The van der Waals surface area contributed by atoms with Crippen molar-refractivity contribution in [1.29, 1.82) is 0 Å². The van der Waals surface area contributed by atoms with Crippen LogP contribution < -0.4 is 10.6 Å². The van der Waals surface area contributed by atoms with Gasteiger partial charge in [-0.05, 0) is 23.6 Å². The number of carbonyl (C=O) groups excluding carboxylic acids is 2. The minimum atomic E-state index is -1.05. The maximum absolute atomic E-state index is 13.2. The van der Waals surface area contributed by atoms with Gasteiger partial charge in [-0.2, -0.15) is 0 Å². The van der Waals surface area contributed by atoms with E-state index in [0.717, 1.165) is 24.1 Å². The Morgan fingerprint density at radius 2 is 1.73 bits per heavy atom. The fourth-order valence-electron chi connectivity index (χ4n) is 2.69. The van der Waals surface area contributed by atoms with Crippen molar-refractivity contribution in [2.75, 3.05) is 11.9 Å². The molecule has 0 aliphatic carbocycles. The first-order chi connectivity index (χ1) is 12.4. The molecule has 0 aliphatic heterocycles. The van der Waals surface area contributed by atoms with Gasteiger partial charge in [-0.3, -0.25) is 9.59 Å². The molecule has 0 unspecified atom stereocenters. The third-order valence-electron chi connectivity index (χ3n) is 4.28. The average molecular weight is 360 g/mol. The van der Waals surface area contributed by atoms with Crippen LogP contribution in [0.15, 0.2) is 48.5 Å². The van der Waals surface area contributed by atoms with Crippen LogP contribution in [0.1, 0.15) is 31.7 Å². The number of benzene rings is 2. The lowest BCUT2D eigenvalue weighted by Crippen LogP contribution is -2.37. The predicted molar refractivity (Wildman–Crippen MR) is 96.6 cm³/mol. The van der Waals surface area contributed by atoms with Gasteiger partial charge in [0.25, 0.3) is 0 Å². The quantitative estimate of drug-likeness (QED) is 0.788. The molecule has 2 N–H and O–H groups in total. The van der Waals surface area contributed by atoms with Crippen LogP contribution in [-0.2, 0) is 9.59 Å². The Morgan fingerprint density at radius 1 is 1.04 bits per heavy atom. The molecule has 4 nitrogen and oxygen atoms in total. The minimum Gasteiger partial charge on any atom is -0.346 e. The van der Waals surface area contributed by atoms with E-state index in [2.05, 4.69) is 10.6 Å². The van der Waals surface area contributed by atoms with Crippen LogP contribution in [0.3, 0.4) is 0 Å². The van der Waals surface area contributed by atoms with E-state index in [1.165, 1.54) is 6.07 Å². The fraction of sp³-hybridized carbons (Fsp3) is 0.300. The topological polar surface area (TPSA) is 58.2 Å². The normalized spacial score (nSPS) is 12.9. The van der Waals surface area contributed by atoms with E-state index in [4.69, 9.17) is 0 Å². The van der Waals surface area contributed by atoms with E-state index in [1.54, 1.807) is 0 Å². The standard InChI is InChI=1S/C20H22F2N2O2/c1-3-13(2)19(14-7-5-4-6-8-14)20(26)23-12-18(25)24-15-9-10-16(21)17(22)11-15/h4-11,13,19H,3,12H2,1-2H3,(H,23,26)(H,24,25)/t13-,19-/m0/s1. The highest BCUT2D eigenvalue weighted by Gasteiger charge is 2.25. The molecule has 2 rings (SSSR count). The second-order valence-corrected chi connectivity index (χ2v) is 6.17. The van der Waals surface area contributed by atoms with Gasteiger partial charge < -0.3 is 10.6 Å². The zero-order chi connectivity index (χ0) is 19.1. The molecular formula is C20H22F2N2O2. The first-order valence-corrected chi connectivity index (χ1v) is 8.50. The van der Waals surface area contributed by atoms with Gasteiger partial charge in [0.15, 0.2) is 11.6 Å². The molecule has 2 amide bonds. The molecule has 0 fully saturated rings. The lowest BCUT2D eigenvalue weighted by molar-refractivity contribution is -0.126. The molecule has 0 spiro atoms. The summed E-state index contributed by atoms with van der Waals surface area (Å²) in [6.45, 7) is 3.74. The van der Waals surface area contributed by atoms with Gasteiger partial charge in [0.05, 0.1) is 12.5 Å². The fourth-order valence-corrected chi connectivity index (χ4v) is 2.69. The molecule has 0 radical (unpaired) electrons. The Hall–Kier alpha value is -2.76. The molecule has 2 atom stereocenters. The highest BCUT2D eigenvalue weighted by molar-refractivity contribution is 5.95. The first kappa shape index (κ1) is 19.6. The van der Waals surface area contributed by atoms with Gasteiger partial charge >= 0.3 is 0 Å². The second kappa shape index (κ2) is 9.08. The summed E-state index contributed by atoms with van der Waals surface area (Å²) in [5.41, 5.74) is 1.02. The van der Waals surface area contributed by atoms with E-state index in [1.807, 2.05) is 44.2 Å². The molecule has 2 aromatic carbocycles. The molecule has 26 heavy (non-hydrogen) atoms. The van der Waals surface area contributed by atoms with E-state index in [0.29, 0.717) is 0 Å². The number of hydrogen-bond acceptors (Lipinski definition) is 2. The van der Waals surface area contributed by atoms with Crippen molar-refractivity contribution in [2.45, 2.75) is 26.2 Å². The van der Waals surface area contributed by atoms with Crippen molar-refractivity contribution in [2.24, 2.45) is 5.92 Å². The molecular weight excluding hydrogens is 338 g/mol. The summed E-state index contributed by atoms with van der Waals surface area (Å²) in [7, 11) is 0. The average Bonchev–Trinajstić information content (AvgIpc) is 2.64. The van der Waals surface area contributed by atoms with Crippen LogP contribution in [0.25, 0.3) is 0 Å². The summed E-state index contributed by atoms with van der Waals surface area (Å²) in [5, 5.41) is 5.05. The molecule has 2 aromatic rings. The van der Waals surface area contributed by atoms with Crippen molar-refractivity contribution in [3.63, 3.8) is 0 Å². The lowest BCUT2D eigenvalue weighted by Gasteiger charge is -2.22. The molecule has 138 valence electrons. The highest BCUT2D eigenvalue weighted by atomic mass is 19.2. The number of rotatable bonds is 7. The van der Waals surface area contributed by atoms with Crippen LogP contribution >= 0.6 is 0 Å². The maximum atomic E-state index is 13.2. The highest BCUT2D eigenvalue weighted by Crippen LogP contribution is 2.27. The zero-order valence-electron chi connectivity index (χ0n) is 14.8. The number of halogens is 2. The summed E-state index contributed by atoms with van der Waals surface area (Å²) in [4.78, 5) is 24.6. The summed E-state index contributed by atoms with van der Waals surface area (Å²) in [5.74, 6) is -3.06. The van der Waals surface area contributed by atoms with E-state index in [9.17, 15) is 18.4 Å². The molecule has 0 bridgehead atoms. The SMILES string of the molecule is CC[C@H](C)[C@H](C(=O)NCC(=O)Nc1ccc(F)c(F)c1)c1ccccc1. The second-order valence-electron chi connectivity index (χ2n) is 6.17. The molecule has 0 aliphatic rings. The number of anilines is 1. The van der Waals surface area contributed by atoms with Crippen LogP contribution in [0.2, 0.25) is 0 Å². The number of amides is 2. The van der Waals surface area contributed by atoms with Gasteiger partial charge in [0.1, 0.15) is 0 Å². The lowest BCUT2D eigenvalue weighted by atomic mass is 9.85. The Balaban J connectivity index is 1.98. The Kier molecular flexibility index (Phi) is 6.83. The van der Waals surface area contributed by atoms with Crippen LogP contribution in [0, 0.1) is 17.6 Å². The number of hydrogen-bond donors (Lipinski definition) is 2. The Bertz CT molecular complexity index is 766. The van der Waals surface area contributed by atoms with E-state index < -0.39 is 17.5 Å². The molecule has 0 heterocycles.